The van der Waals surface area contributed by atoms with E-state index in [0.29, 0.717) is 31.0 Å². The van der Waals surface area contributed by atoms with E-state index < -0.39 is 6.04 Å². The topological polar surface area (TPSA) is 109 Å². The number of H-pyrrole nitrogens is 1. The first-order valence-corrected chi connectivity index (χ1v) is 9.74. The Kier molecular flexibility index (Phi) is 5.89. The number of aromatic amines is 1. The number of nitrogens with one attached hydrogen (secondary N) is 2. The molecule has 0 saturated carbocycles. The zero-order chi connectivity index (χ0) is 20.9. The Bertz CT molecular complexity index is 1020. The van der Waals surface area contributed by atoms with Gasteiger partial charge in [-0.05, 0) is 18.2 Å². The molecule has 0 radical (unpaired) electrons. The summed E-state index contributed by atoms with van der Waals surface area (Å²) in [6.07, 6.45) is 3.31. The van der Waals surface area contributed by atoms with Crippen LogP contribution in [-0.4, -0.2) is 70.8 Å². The maximum Gasteiger partial charge on any atom is 0.275 e. The van der Waals surface area contributed by atoms with E-state index in [1.807, 2.05) is 24.3 Å². The lowest BCUT2D eigenvalue weighted by molar-refractivity contribution is -0.125. The minimum absolute atomic E-state index is 0.238. The SMILES string of the molecule is COCCNC(=O)[C@@H]1C[C@H](Oc2cccnc2)CN1C(=O)c1n[nH]c2ccccc12. The molecule has 3 heterocycles. The number of rotatable bonds is 7. The van der Waals surface area contributed by atoms with Crippen LogP contribution in [0.5, 0.6) is 5.75 Å². The molecule has 3 aromatic rings. The van der Waals surface area contributed by atoms with E-state index >= 15 is 0 Å². The van der Waals surface area contributed by atoms with Gasteiger partial charge in [-0.1, -0.05) is 18.2 Å². The van der Waals surface area contributed by atoms with Crippen LogP contribution in [0.15, 0.2) is 48.8 Å². The Hall–Kier alpha value is -3.46. The normalized spacial score (nSPS) is 18.5. The summed E-state index contributed by atoms with van der Waals surface area (Å²) < 4.78 is 11.0. The van der Waals surface area contributed by atoms with Gasteiger partial charge in [0.05, 0.1) is 24.9 Å². The highest BCUT2D eigenvalue weighted by Gasteiger charge is 2.42. The van der Waals surface area contributed by atoms with E-state index in [9.17, 15) is 9.59 Å². The van der Waals surface area contributed by atoms with Gasteiger partial charge in [0.2, 0.25) is 5.91 Å². The summed E-state index contributed by atoms with van der Waals surface area (Å²) in [5.74, 6) is 0.0507. The molecule has 1 aromatic carbocycles. The summed E-state index contributed by atoms with van der Waals surface area (Å²) in [5.41, 5.74) is 1.06. The first-order chi connectivity index (χ1) is 14.7. The zero-order valence-corrected chi connectivity index (χ0v) is 16.6. The quantitative estimate of drug-likeness (QED) is 0.571. The predicted molar refractivity (Wildman–Crippen MR) is 109 cm³/mol. The zero-order valence-electron chi connectivity index (χ0n) is 16.6. The molecule has 2 N–H and O–H groups in total. The van der Waals surface area contributed by atoms with Gasteiger partial charge in [-0.15, -0.1) is 0 Å². The molecule has 2 amide bonds. The van der Waals surface area contributed by atoms with Gasteiger partial charge in [-0.3, -0.25) is 19.7 Å². The number of benzene rings is 1. The van der Waals surface area contributed by atoms with Crippen LogP contribution in [-0.2, 0) is 9.53 Å². The number of likely N-dealkylation sites (tertiary alicyclic amines) is 1. The van der Waals surface area contributed by atoms with Crippen molar-refractivity contribution in [2.75, 3.05) is 26.8 Å². The number of fused-ring (bicyclic) bond motifs is 1. The smallest absolute Gasteiger partial charge is 0.275 e. The largest absolute Gasteiger partial charge is 0.487 e. The van der Waals surface area contributed by atoms with Crippen LogP contribution in [0.25, 0.3) is 10.9 Å². The van der Waals surface area contributed by atoms with Crippen LogP contribution in [0.1, 0.15) is 16.9 Å². The number of methoxy groups -OCH3 is 1. The van der Waals surface area contributed by atoms with Crippen molar-refractivity contribution in [2.45, 2.75) is 18.6 Å². The number of aromatic nitrogens is 3. The number of nitrogens with zero attached hydrogens (tertiary/aromatic N) is 3. The molecule has 0 spiro atoms. The van der Waals surface area contributed by atoms with Crippen LogP contribution in [0.2, 0.25) is 0 Å². The van der Waals surface area contributed by atoms with Crippen LogP contribution in [0.4, 0.5) is 0 Å². The third-order valence-electron chi connectivity index (χ3n) is 5.04. The lowest BCUT2D eigenvalue weighted by Crippen LogP contribution is -2.46. The second kappa shape index (κ2) is 8.91. The monoisotopic (exact) mass is 409 g/mol. The molecule has 4 rings (SSSR count). The maximum atomic E-state index is 13.3. The van der Waals surface area contributed by atoms with Crippen molar-refractivity contribution in [2.24, 2.45) is 0 Å². The second-order valence-corrected chi connectivity index (χ2v) is 7.04. The molecule has 1 aliphatic rings. The fraction of sp³-hybridized carbons (Fsp3) is 0.333. The minimum atomic E-state index is -0.661. The van der Waals surface area contributed by atoms with Crippen LogP contribution in [0.3, 0.4) is 0 Å². The third kappa shape index (κ3) is 4.11. The summed E-state index contributed by atoms with van der Waals surface area (Å²) in [7, 11) is 1.57. The van der Waals surface area contributed by atoms with Crippen LogP contribution in [0, 0.1) is 0 Å². The van der Waals surface area contributed by atoms with Crippen molar-refractivity contribution in [3.05, 3.63) is 54.5 Å². The van der Waals surface area contributed by atoms with Gasteiger partial charge in [-0.25, -0.2) is 0 Å². The summed E-state index contributed by atoms with van der Waals surface area (Å²) in [6.45, 7) is 1.04. The van der Waals surface area contributed by atoms with Gasteiger partial charge in [0, 0.05) is 31.7 Å². The molecule has 0 bridgehead atoms. The van der Waals surface area contributed by atoms with Crippen molar-refractivity contribution in [1.82, 2.24) is 25.4 Å². The summed E-state index contributed by atoms with van der Waals surface area (Å²) in [5, 5.41) is 10.6. The highest BCUT2D eigenvalue weighted by molar-refractivity contribution is 6.06. The van der Waals surface area contributed by atoms with E-state index in [0.717, 1.165) is 10.9 Å². The molecule has 1 aliphatic heterocycles. The first kappa shape index (κ1) is 19.8. The third-order valence-corrected chi connectivity index (χ3v) is 5.04. The molecule has 156 valence electrons. The lowest BCUT2D eigenvalue weighted by Gasteiger charge is -2.22. The van der Waals surface area contributed by atoms with Gasteiger partial charge in [-0.2, -0.15) is 5.10 Å². The molecular formula is C21H23N5O4. The number of para-hydroxylation sites is 1. The van der Waals surface area contributed by atoms with Gasteiger partial charge in [0.15, 0.2) is 5.69 Å². The van der Waals surface area contributed by atoms with E-state index in [1.54, 1.807) is 31.6 Å². The van der Waals surface area contributed by atoms with Gasteiger partial charge < -0.3 is 19.7 Å². The standard InChI is InChI=1S/C21H23N5O4/c1-29-10-9-23-20(27)18-11-15(30-14-5-4-8-22-12-14)13-26(18)21(28)19-16-6-2-3-7-17(16)24-25-19/h2-8,12,15,18H,9-11,13H2,1H3,(H,23,27)(H,24,25)/t15-,18-/m0/s1. The van der Waals surface area contributed by atoms with Crippen LogP contribution >= 0.6 is 0 Å². The molecule has 2 atom stereocenters. The van der Waals surface area contributed by atoms with Crippen molar-refractivity contribution >= 4 is 22.7 Å². The fourth-order valence-electron chi connectivity index (χ4n) is 3.62. The van der Waals surface area contributed by atoms with Crippen LogP contribution < -0.4 is 10.1 Å². The van der Waals surface area contributed by atoms with E-state index in [4.69, 9.17) is 9.47 Å². The molecule has 30 heavy (non-hydrogen) atoms. The number of pyridine rings is 1. The Morgan fingerprint density at radius 3 is 2.93 bits per heavy atom. The first-order valence-electron chi connectivity index (χ1n) is 9.74. The predicted octanol–water partition coefficient (Wildman–Crippen LogP) is 1.38. The molecule has 9 heteroatoms. The van der Waals surface area contributed by atoms with Crippen molar-refractivity contribution < 1.29 is 19.1 Å². The van der Waals surface area contributed by atoms with E-state index in [-0.39, 0.29) is 24.5 Å². The molecule has 2 aromatic heterocycles. The highest BCUT2D eigenvalue weighted by atomic mass is 16.5. The van der Waals surface area contributed by atoms with Crippen molar-refractivity contribution in [3.63, 3.8) is 0 Å². The second-order valence-electron chi connectivity index (χ2n) is 7.04. The summed E-state index contributed by atoms with van der Waals surface area (Å²) in [6, 6.07) is 10.3. The lowest BCUT2D eigenvalue weighted by atomic mass is 10.1. The highest BCUT2D eigenvalue weighted by Crippen LogP contribution is 2.26. The number of ether oxygens (including phenoxy) is 2. The van der Waals surface area contributed by atoms with Gasteiger partial charge >= 0.3 is 0 Å². The average molecular weight is 409 g/mol. The number of amides is 2. The number of hydrogen-bond donors (Lipinski definition) is 2. The van der Waals surface area contributed by atoms with E-state index in [2.05, 4.69) is 20.5 Å². The fourth-order valence-corrected chi connectivity index (χ4v) is 3.62. The molecule has 0 unspecified atom stereocenters. The Morgan fingerprint density at radius 1 is 1.27 bits per heavy atom. The summed E-state index contributed by atoms with van der Waals surface area (Å²) >= 11 is 0. The number of carbonyl (C=O) groups excluding carboxylic acids is 2. The molecule has 0 aliphatic carbocycles. The van der Waals surface area contributed by atoms with Crippen molar-refractivity contribution in [3.8, 4) is 5.75 Å². The molecule has 9 nitrogen and oxygen atoms in total. The molecular weight excluding hydrogens is 386 g/mol. The summed E-state index contributed by atoms with van der Waals surface area (Å²) in [4.78, 5) is 31.7. The van der Waals surface area contributed by atoms with Gasteiger partial charge in [0.25, 0.3) is 5.91 Å². The van der Waals surface area contributed by atoms with Gasteiger partial charge in [0.1, 0.15) is 17.9 Å². The minimum Gasteiger partial charge on any atom is -0.487 e. The van der Waals surface area contributed by atoms with E-state index in [1.165, 1.54) is 4.90 Å². The average Bonchev–Trinajstić information content (AvgIpc) is 3.39. The molecule has 1 fully saturated rings. The molecule has 1 saturated heterocycles. The Labute approximate surface area is 173 Å². The maximum absolute atomic E-state index is 13.3. The number of carbonyl (C=O) groups is 2. The number of hydrogen-bond acceptors (Lipinski definition) is 6. The van der Waals surface area contributed by atoms with Crippen molar-refractivity contribution in [1.29, 1.82) is 0 Å². The Balaban J connectivity index is 1.56. The Morgan fingerprint density at radius 2 is 2.13 bits per heavy atom.